The number of rotatable bonds is 15. The molecule has 2 rings (SSSR count). The molecule has 1 aromatic carbocycles. The Balaban J connectivity index is 0.00000371. The summed E-state index contributed by atoms with van der Waals surface area (Å²) < 4.78 is 34.5. The van der Waals surface area contributed by atoms with E-state index < -0.39 is 21.6 Å². The minimum Gasteiger partial charge on any atom is -0.494 e. The van der Waals surface area contributed by atoms with Crippen molar-refractivity contribution in [3.8, 4) is 11.8 Å². The molecule has 0 bridgehead atoms. The number of benzene rings is 1. The van der Waals surface area contributed by atoms with Crippen molar-refractivity contribution in [1.29, 1.82) is 5.26 Å². The van der Waals surface area contributed by atoms with Crippen LogP contribution in [-0.2, 0) is 26.3 Å². The Labute approximate surface area is 235 Å². The standard InChI is InChI=1S/C25H32N6O4S2.C2H4/c1-7-36(32)13-11-28-24-19(16-26)18(4)23(25(29-24)27-10-9-12-34-5)31-30-20-14-17(3)22(37(33)8-2)15-21(20)35-6;1-2/h7-8,14-15H,1-2,9-13H2,3-6H3,(H2,27,28,29);1-2H2. The molecular formula is C27H36N6O4S2. The van der Waals surface area contributed by atoms with E-state index >= 15 is 0 Å². The average molecular weight is 573 g/mol. The van der Waals surface area contributed by atoms with E-state index in [-0.39, 0.29) is 0 Å². The predicted octanol–water partition coefficient (Wildman–Crippen LogP) is 5.80. The highest BCUT2D eigenvalue weighted by atomic mass is 32.2. The molecule has 210 valence electrons. The summed E-state index contributed by atoms with van der Waals surface area (Å²) in [6.07, 6.45) is 0.726. The van der Waals surface area contributed by atoms with Crippen LogP contribution in [0.15, 0.2) is 64.4 Å². The number of nitrogens with zero attached hydrogens (tertiary/aromatic N) is 4. The van der Waals surface area contributed by atoms with Crippen molar-refractivity contribution in [2.75, 3.05) is 50.3 Å². The highest BCUT2D eigenvalue weighted by Crippen LogP contribution is 2.37. The van der Waals surface area contributed by atoms with Gasteiger partial charge in [0.15, 0.2) is 5.82 Å². The molecule has 10 nitrogen and oxygen atoms in total. The van der Waals surface area contributed by atoms with E-state index in [9.17, 15) is 13.7 Å². The smallest absolute Gasteiger partial charge is 0.156 e. The maximum absolute atomic E-state index is 12.3. The van der Waals surface area contributed by atoms with Crippen LogP contribution in [0.5, 0.6) is 5.75 Å². The van der Waals surface area contributed by atoms with Gasteiger partial charge in [-0.2, -0.15) is 5.26 Å². The molecule has 0 fully saturated rings. The third kappa shape index (κ3) is 9.55. The molecule has 0 saturated carbocycles. The van der Waals surface area contributed by atoms with Crippen molar-refractivity contribution in [2.24, 2.45) is 10.2 Å². The van der Waals surface area contributed by atoms with Gasteiger partial charge in [-0.25, -0.2) is 9.19 Å². The lowest BCUT2D eigenvalue weighted by Gasteiger charge is -2.15. The lowest BCUT2D eigenvalue weighted by atomic mass is 10.1. The van der Waals surface area contributed by atoms with Gasteiger partial charge in [0.2, 0.25) is 0 Å². The number of hydrogen-bond acceptors (Lipinski definition) is 10. The molecule has 0 radical (unpaired) electrons. The number of anilines is 2. The van der Waals surface area contributed by atoms with Gasteiger partial charge in [0.1, 0.15) is 29.0 Å². The van der Waals surface area contributed by atoms with Crippen LogP contribution in [-0.4, -0.2) is 53.1 Å². The van der Waals surface area contributed by atoms with Crippen LogP contribution in [0.4, 0.5) is 23.0 Å². The molecule has 0 aliphatic carbocycles. The fourth-order valence-corrected chi connectivity index (χ4v) is 4.54. The van der Waals surface area contributed by atoms with Gasteiger partial charge >= 0.3 is 0 Å². The second kappa shape index (κ2) is 17.8. The summed E-state index contributed by atoms with van der Waals surface area (Å²) in [6, 6.07) is 5.56. The SMILES string of the molecule is C=C.C=CS(=O)CCNc1nc(NCCCOC)c(N=Nc2cc(C)c(S(=O)C=C)cc2OC)c(C)c1C#N. The molecule has 1 aromatic heterocycles. The average Bonchev–Trinajstić information content (AvgIpc) is 2.95. The van der Waals surface area contributed by atoms with Crippen molar-refractivity contribution >= 4 is 44.6 Å². The van der Waals surface area contributed by atoms with Crippen LogP contribution in [0.2, 0.25) is 0 Å². The summed E-state index contributed by atoms with van der Waals surface area (Å²) >= 11 is 0. The molecule has 0 saturated heterocycles. The Morgan fingerprint density at radius 2 is 1.77 bits per heavy atom. The maximum Gasteiger partial charge on any atom is 0.156 e. The highest BCUT2D eigenvalue weighted by molar-refractivity contribution is 7.88. The van der Waals surface area contributed by atoms with Crippen molar-refractivity contribution < 1.29 is 17.9 Å². The number of hydrogen-bond donors (Lipinski definition) is 2. The summed E-state index contributed by atoms with van der Waals surface area (Å²) in [5, 5.41) is 27.8. The molecule has 12 heteroatoms. The van der Waals surface area contributed by atoms with E-state index in [1.807, 2.05) is 6.92 Å². The molecule has 0 amide bonds. The Bertz CT molecular complexity index is 1270. The number of azo groups is 1. The highest BCUT2D eigenvalue weighted by Gasteiger charge is 2.18. The second-order valence-corrected chi connectivity index (χ2v) is 10.5. The summed E-state index contributed by atoms with van der Waals surface area (Å²) in [4.78, 5) is 5.17. The fourth-order valence-electron chi connectivity index (χ4n) is 3.29. The Morgan fingerprint density at radius 1 is 1.08 bits per heavy atom. The number of ether oxygens (including phenoxy) is 2. The maximum atomic E-state index is 12.3. The van der Waals surface area contributed by atoms with Crippen molar-refractivity contribution in [3.63, 3.8) is 0 Å². The van der Waals surface area contributed by atoms with E-state index in [0.717, 1.165) is 12.0 Å². The quantitative estimate of drug-likeness (QED) is 0.155. The molecule has 2 unspecified atom stereocenters. The zero-order valence-electron chi connectivity index (χ0n) is 22.9. The molecule has 39 heavy (non-hydrogen) atoms. The third-order valence-corrected chi connectivity index (χ3v) is 7.38. The normalized spacial score (nSPS) is 12.0. The second-order valence-electron chi connectivity index (χ2n) is 7.67. The zero-order valence-corrected chi connectivity index (χ0v) is 24.5. The first-order valence-corrected chi connectivity index (χ1v) is 14.4. The first-order valence-electron chi connectivity index (χ1n) is 11.9. The Kier molecular flexibility index (Phi) is 15.2. The van der Waals surface area contributed by atoms with E-state index in [0.29, 0.717) is 70.2 Å². The number of nitrogens with one attached hydrogen (secondary N) is 2. The molecule has 2 aromatic rings. The lowest BCUT2D eigenvalue weighted by Crippen LogP contribution is -2.14. The van der Waals surface area contributed by atoms with Crippen molar-refractivity contribution in [2.45, 2.75) is 25.2 Å². The van der Waals surface area contributed by atoms with Gasteiger partial charge in [-0.1, -0.05) is 13.2 Å². The van der Waals surface area contributed by atoms with Gasteiger partial charge in [-0.15, -0.1) is 23.4 Å². The minimum absolute atomic E-state index is 0.306. The monoisotopic (exact) mass is 572 g/mol. The minimum atomic E-state index is -1.38. The van der Waals surface area contributed by atoms with E-state index in [1.165, 1.54) is 17.9 Å². The molecule has 2 atom stereocenters. The largest absolute Gasteiger partial charge is 0.494 e. The van der Waals surface area contributed by atoms with Gasteiger partial charge in [-0.05, 0) is 43.4 Å². The molecule has 0 aliphatic rings. The lowest BCUT2D eigenvalue weighted by molar-refractivity contribution is 0.198. The van der Waals surface area contributed by atoms with Crippen LogP contribution < -0.4 is 15.4 Å². The predicted molar refractivity (Wildman–Crippen MR) is 160 cm³/mol. The van der Waals surface area contributed by atoms with Crippen LogP contribution >= 0.6 is 0 Å². The third-order valence-electron chi connectivity index (χ3n) is 5.23. The van der Waals surface area contributed by atoms with Gasteiger partial charge in [0.05, 0.1) is 23.5 Å². The number of aryl methyl sites for hydroxylation is 1. The zero-order chi connectivity index (χ0) is 29.4. The topological polar surface area (TPSA) is 138 Å². The fraction of sp³-hybridized carbons (Fsp3) is 0.333. The Morgan fingerprint density at radius 3 is 2.36 bits per heavy atom. The van der Waals surface area contributed by atoms with E-state index in [2.05, 4.69) is 58.2 Å². The molecule has 1 heterocycles. The van der Waals surface area contributed by atoms with Gasteiger partial charge in [0, 0.05) is 59.2 Å². The van der Waals surface area contributed by atoms with Crippen molar-refractivity contribution in [3.05, 3.63) is 66.0 Å². The van der Waals surface area contributed by atoms with E-state index in [4.69, 9.17) is 9.47 Å². The molecular weight excluding hydrogens is 536 g/mol. The van der Waals surface area contributed by atoms with Crippen LogP contribution in [0.3, 0.4) is 0 Å². The van der Waals surface area contributed by atoms with Crippen molar-refractivity contribution in [1.82, 2.24) is 4.98 Å². The summed E-state index contributed by atoms with van der Waals surface area (Å²) in [5.41, 5.74) is 2.45. The van der Waals surface area contributed by atoms with Gasteiger partial charge < -0.3 is 20.1 Å². The molecule has 0 spiro atoms. The van der Waals surface area contributed by atoms with Crippen LogP contribution in [0.25, 0.3) is 0 Å². The number of nitriles is 1. The van der Waals surface area contributed by atoms with Crippen LogP contribution in [0, 0.1) is 25.2 Å². The van der Waals surface area contributed by atoms with Gasteiger partial charge in [0.25, 0.3) is 0 Å². The van der Waals surface area contributed by atoms with Gasteiger partial charge in [-0.3, -0.25) is 4.21 Å². The van der Waals surface area contributed by atoms with E-state index in [1.54, 1.807) is 26.2 Å². The Hall–Kier alpha value is -3.66. The summed E-state index contributed by atoms with van der Waals surface area (Å²) in [5.74, 6) is 1.52. The number of methoxy groups -OCH3 is 2. The first kappa shape index (κ1) is 33.4. The molecule has 2 N–H and O–H groups in total. The molecule has 0 aliphatic heterocycles. The number of pyridine rings is 1. The number of aromatic nitrogens is 1. The summed E-state index contributed by atoms with van der Waals surface area (Å²) in [6.45, 7) is 18.2. The van der Waals surface area contributed by atoms with Crippen LogP contribution in [0.1, 0.15) is 23.1 Å². The first-order chi connectivity index (χ1) is 18.8. The summed E-state index contributed by atoms with van der Waals surface area (Å²) in [7, 11) is 0.572.